The number of anilines is 1. The highest BCUT2D eigenvalue weighted by Crippen LogP contribution is 2.38. The van der Waals surface area contributed by atoms with Crippen molar-refractivity contribution in [2.24, 2.45) is 5.92 Å². The number of rotatable bonds is 7. The van der Waals surface area contributed by atoms with Crippen LogP contribution in [0.5, 0.6) is 0 Å². The predicted molar refractivity (Wildman–Crippen MR) is 158 cm³/mol. The molecule has 1 aliphatic carbocycles. The average Bonchev–Trinajstić information content (AvgIpc) is 3.32. The minimum atomic E-state index is -0.753. The lowest BCUT2D eigenvalue weighted by molar-refractivity contribution is -0.118. The van der Waals surface area contributed by atoms with Gasteiger partial charge in [-0.05, 0) is 92.8 Å². The standard InChI is InChI=1S/C32H36FN5O3/c1-32(2,3)41-31(40)35-25(19-20-7-5-4-6-8-20)30(39)37-26-14-13-24-27(21-15-17-34-18-16-21)28(38-29(24)36-26)22-9-11-23(33)12-10-22/h9-18,20,25H,4-8,19H2,1-3H3,(H,35,40)(H2,36,37,38,39). The van der Waals surface area contributed by atoms with Crippen LogP contribution in [0.1, 0.15) is 59.3 Å². The Bertz CT molecular complexity index is 1510. The third-order valence-corrected chi connectivity index (χ3v) is 7.31. The van der Waals surface area contributed by atoms with Gasteiger partial charge in [0.05, 0.1) is 5.69 Å². The minimum Gasteiger partial charge on any atom is -0.444 e. The molecule has 0 spiro atoms. The van der Waals surface area contributed by atoms with Crippen LogP contribution in [0.15, 0.2) is 60.9 Å². The summed E-state index contributed by atoms with van der Waals surface area (Å²) in [5, 5.41) is 6.55. The maximum Gasteiger partial charge on any atom is 0.408 e. The summed E-state index contributed by atoms with van der Waals surface area (Å²) in [7, 11) is 0. The van der Waals surface area contributed by atoms with Crippen molar-refractivity contribution < 1.29 is 18.7 Å². The zero-order valence-electron chi connectivity index (χ0n) is 23.7. The van der Waals surface area contributed by atoms with Gasteiger partial charge in [-0.1, -0.05) is 32.1 Å². The van der Waals surface area contributed by atoms with E-state index in [0.717, 1.165) is 53.5 Å². The normalized spacial score (nSPS) is 14.9. The second-order valence-electron chi connectivity index (χ2n) is 11.6. The van der Waals surface area contributed by atoms with Crippen LogP contribution >= 0.6 is 0 Å². The molecule has 0 saturated heterocycles. The number of fused-ring (bicyclic) bond motifs is 1. The number of carbonyl (C=O) groups excluding carboxylic acids is 2. The second kappa shape index (κ2) is 12.1. The first-order valence-electron chi connectivity index (χ1n) is 14.2. The molecule has 2 amide bonds. The molecule has 9 heteroatoms. The Kier molecular flexibility index (Phi) is 8.33. The van der Waals surface area contributed by atoms with Crippen LogP contribution in [-0.2, 0) is 9.53 Å². The maximum absolute atomic E-state index is 13.7. The SMILES string of the molecule is CC(C)(C)OC(=O)NC(CC1CCCCC1)C(=O)Nc1ccc2c(-c3ccncc3)c(-c3ccc(F)cc3)[nH]c2n1. The lowest BCUT2D eigenvalue weighted by atomic mass is 9.84. The van der Waals surface area contributed by atoms with Gasteiger partial charge in [0.25, 0.3) is 0 Å². The molecule has 5 rings (SSSR count). The number of halogens is 1. The molecule has 1 aliphatic rings. The predicted octanol–water partition coefficient (Wildman–Crippen LogP) is 7.23. The molecule has 0 radical (unpaired) electrons. The first-order valence-corrected chi connectivity index (χ1v) is 14.2. The molecule has 214 valence electrons. The van der Waals surface area contributed by atoms with E-state index in [1.807, 2.05) is 18.2 Å². The summed E-state index contributed by atoms with van der Waals surface area (Å²) in [6.07, 6.45) is 8.90. The third-order valence-electron chi connectivity index (χ3n) is 7.31. The highest BCUT2D eigenvalue weighted by molar-refractivity contribution is 6.03. The Balaban J connectivity index is 1.43. The Morgan fingerprint density at radius 1 is 1.00 bits per heavy atom. The zero-order valence-corrected chi connectivity index (χ0v) is 23.7. The van der Waals surface area contributed by atoms with Crippen molar-refractivity contribution in [3.63, 3.8) is 0 Å². The van der Waals surface area contributed by atoms with Crippen LogP contribution in [0.25, 0.3) is 33.4 Å². The number of nitrogens with zero attached hydrogens (tertiary/aromatic N) is 2. The third kappa shape index (κ3) is 7.09. The molecular formula is C32H36FN5O3. The molecule has 0 aliphatic heterocycles. The molecule has 8 nitrogen and oxygen atoms in total. The van der Waals surface area contributed by atoms with E-state index in [0.29, 0.717) is 23.8 Å². The minimum absolute atomic E-state index is 0.318. The maximum atomic E-state index is 13.7. The van der Waals surface area contributed by atoms with Crippen LogP contribution in [0.3, 0.4) is 0 Å². The van der Waals surface area contributed by atoms with Gasteiger partial charge in [-0.25, -0.2) is 14.2 Å². The Morgan fingerprint density at radius 2 is 1.71 bits per heavy atom. The smallest absolute Gasteiger partial charge is 0.408 e. The summed E-state index contributed by atoms with van der Waals surface area (Å²) in [5.74, 6) is 0.0546. The first kappa shape index (κ1) is 28.3. The van der Waals surface area contributed by atoms with Crippen LogP contribution in [0.4, 0.5) is 15.0 Å². The van der Waals surface area contributed by atoms with E-state index in [-0.39, 0.29) is 11.7 Å². The molecule has 1 unspecified atom stereocenters. The van der Waals surface area contributed by atoms with Gasteiger partial charge in [0.15, 0.2) is 0 Å². The van der Waals surface area contributed by atoms with E-state index in [9.17, 15) is 14.0 Å². The number of alkyl carbamates (subject to hydrolysis) is 1. The van der Waals surface area contributed by atoms with Crippen molar-refractivity contribution in [2.75, 3.05) is 5.32 Å². The number of pyridine rings is 2. The highest BCUT2D eigenvalue weighted by Gasteiger charge is 2.28. The number of ether oxygens (including phenoxy) is 1. The van der Waals surface area contributed by atoms with Crippen molar-refractivity contribution in [3.05, 3.63) is 66.7 Å². The van der Waals surface area contributed by atoms with E-state index < -0.39 is 17.7 Å². The number of benzene rings is 1. The number of aromatic nitrogens is 3. The number of aromatic amines is 1. The number of hydrogen-bond donors (Lipinski definition) is 3. The largest absolute Gasteiger partial charge is 0.444 e. The van der Waals surface area contributed by atoms with Crippen LogP contribution in [0.2, 0.25) is 0 Å². The lowest BCUT2D eigenvalue weighted by Crippen LogP contribution is -2.47. The molecule has 1 saturated carbocycles. The van der Waals surface area contributed by atoms with Gasteiger partial charge in [0.2, 0.25) is 5.91 Å². The Hall–Kier alpha value is -4.27. The van der Waals surface area contributed by atoms with Crippen molar-refractivity contribution in [3.8, 4) is 22.4 Å². The van der Waals surface area contributed by atoms with Gasteiger partial charge in [-0.2, -0.15) is 0 Å². The molecule has 1 aromatic carbocycles. The summed E-state index contributed by atoms with van der Waals surface area (Å²) in [5.41, 5.74) is 3.31. The number of carbonyl (C=O) groups is 2. The molecule has 1 atom stereocenters. The monoisotopic (exact) mass is 557 g/mol. The summed E-state index contributed by atoms with van der Waals surface area (Å²) in [4.78, 5) is 38.3. The summed E-state index contributed by atoms with van der Waals surface area (Å²) in [6.45, 7) is 5.37. The highest BCUT2D eigenvalue weighted by atomic mass is 19.1. The van der Waals surface area contributed by atoms with Gasteiger partial charge >= 0.3 is 6.09 Å². The molecular weight excluding hydrogens is 521 g/mol. The molecule has 0 bridgehead atoms. The molecule has 3 N–H and O–H groups in total. The fourth-order valence-corrected chi connectivity index (χ4v) is 5.44. The fraction of sp³-hybridized carbons (Fsp3) is 0.375. The van der Waals surface area contributed by atoms with E-state index in [2.05, 4.69) is 20.6 Å². The second-order valence-corrected chi connectivity index (χ2v) is 11.6. The molecule has 3 aromatic heterocycles. The number of H-pyrrole nitrogens is 1. The number of nitrogens with one attached hydrogen (secondary N) is 3. The van der Waals surface area contributed by atoms with Gasteiger partial charge in [-0.3, -0.25) is 9.78 Å². The topological polar surface area (TPSA) is 109 Å². The van der Waals surface area contributed by atoms with E-state index in [4.69, 9.17) is 9.72 Å². The van der Waals surface area contributed by atoms with Crippen molar-refractivity contribution in [1.82, 2.24) is 20.3 Å². The fourth-order valence-electron chi connectivity index (χ4n) is 5.44. The molecule has 41 heavy (non-hydrogen) atoms. The molecule has 1 fully saturated rings. The Morgan fingerprint density at radius 3 is 2.39 bits per heavy atom. The van der Waals surface area contributed by atoms with E-state index >= 15 is 0 Å². The summed E-state index contributed by atoms with van der Waals surface area (Å²) < 4.78 is 19.1. The molecule has 4 aromatic rings. The molecule has 3 heterocycles. The number of hydrogen-bond acceptors (Lipinski definition) is 5. The van der Waals surface area contributed by atoms with Crippen LogP contribution in [-0.4, -0.2) is 38.6 Å². The van der Waals surface area contributed by atoms with Crippen LogP contribution in [0, 0.1) is 11.7 Å². The van der Waals surface area contributed by atoms with Gasteiger partial charge in [0.1, 0.15) is 28.9 Å². The van der Waals surface area contributed by atoms with E-state index in [1.54, 1.807) is 51.4 Å². The quantitative estimate of drug-likeness (QED) is 0.222. The lowest BCUT2D eigenvalue weighted by Gasteiger charge is -2.27. The zero-order chi connectivity index (χ0) is 29.0. The average molecular weight is 558 g/mol. The van der Waals surface area contributed by atoms with Crippen molar-refractivity contribution in [1.29, 1.82) is 0 Å². The first-order chi connectivity index (χ1) is 19.7. The summed E-state index contributed by atoms with van der Waals surface area (Å²) in [6, 6.07) is 13.0. The van der Waals surface area contributed by atoms with Gasteiger partial charge in [0, 0.05) is 23.3 Å². The van der Waals surface area contributed by atoms with Crippen molar-refractivity contribution in [2.45, 2.75) is 70.9 Å². The Labute approximate surface area is 239 Å². The van der Waals surface area contributed by atoms with Gasteiger partial charge in [-0.15, -0.1) is 0 Å². The number of amides is 2. The summed E-state index contributed by atoms with van der Waals surface area (Å²) >= 11 is 0. The van der Waals surface area contributed by atoms with Crippen LogP contribution < -0.4 is 10.6 Å². The van der Waals surface area contributed by atoms with Crippen molar-refractivity contribution >= 4 is 28.9 Å². The van der Waals surface area contributed by atoms with Gasteiger partial charge < -0.3 is 20.4 Å². The van der Waals surface area contributed by atoms with E-state index in [1.165, 1.54) is 18.6 Å².